The molecule has 0 saturated carbocycles. The highest BCUT2D eigenvalue weighted by molar-refractivity contribution is 8.15. The number of carbonyl (C=O) groups is 1. The molecule has 2 N–H and O–H groups in total. The molecule has 0 radical (unpaired) electrons. The smallest absolute Gasteiger partial charge is 0.323 e. The first-order valence-electron chi connectivity index (χ1n) is 5.27. The summed E-state index contributed by atoms with van der Waals surface area (Å²) in [6, 6.07) is 9.79. The second kappa shape index (κ2) is 10.6. The molecular weight excluding hydrogens is 290 g/mol. The van der Waals surface area contributed by atoms with Crippen molar-refractivity contribution < 1.29 is 9.53 Å². The van der Waals surface area contributed by atoms with E-state index in [1.807, 2.05) is 30.0 Å². The van der Waals surface area contributed by atoms with Crippen molar-refractivity contribution in [1.82, 2.24) is 0 Å². The summed E-state index contributed by atoms with van der Waals surface area (Å²) >= 11 is 3.48. The van der Waals surface area contributed by atoms with Gasteiger partial charge in [0, 0.05) is 16.6 Å². The first-order valence-corrected chi connectivity index (χ1v) is 7.58. The maximum Gasteiger partial charge on any atom is 0.323 e. The van der Waals surface area contributed by atoms with Crippen molar-refractivity contribution in [3.8, 4) is 0 Å². The Morgan fingerprint density at radius 3 is 2.61 bits per heavy atom. The fourth-order valence-electron chi connectivity index (χ4n) is 1.19. The maximum absolute atomic E-state index is 11.0. The van der Waals surface area contributed by atoms with Crippen LogP contribution in [-0.4, -0.2) is 30.0 Å². The van der Waals surface area contributed by atoms with Gasteiger partial charge in [0.05, 0.1) is 7.11 Å². The molecule has 1 aromatic carbocycles. The van der Waals surface area contributed by atoms with Crippen molar-refractivity contribution in [2.75, 3.05) is 17.9 Å². The van der Waals surface area contributed by atoms with Gasteiger partial charge in [-0.3, -0.25) is 4.79 Å². The Morgan fingerprint density at radius 2 is 2.00 bits per heavy atom. The van der Waals surface area contributed by atoms with Gasteiger partial charge < -0.3 is 10.5 Å². The topological polar surface area (TPSA) is 52.3 Å². The van der Waals surface area contributed by atoms with E-state index >= 15 is 0 Å². The zero-order valence-corrected chi connectivity index (χ0v) is 12.7. The Labute approximate surface area is 123 Å². The number of hydrogen-bond acceptors (Lipinski definition) is 5. The fraction of sp³-hybridized carbons (Fsp3) is 0.417. The van der Waals surface area contributed by atoms with Gasteiger partial charge >= 0.3 is 5.97 Å². The largest absolute Gasteiger partial charge is 0.468 e. The van der Waals surface area contributed by atoms with E-state index in [2.05, 4.69) is 16.9 Å². The molecule has 0 heterocycles. The van der Waals surface area contributed by atoms with Crippen LogP contribution in [0.4, 0.5) is 0 Å². The third-order valence-electron chi connectivity index (χ3n) is 2.08. The monoisotopic (exact) mass is 307 g/mol. The summed E-state index contributed by atoms with van der Waals surface area (Å²) in [4.78, 5) is 11.0. The molecular formula is C12H18ClNO2S2. The van der Waals surface area contributed by atoms with Crippen LogP contribution in [0.25, 0.3) is 0 Å². The molecule has 0 bridgehead atoms. The van der Waals surface area contributed by atoms with Crippen LogP contribution in [0.5, 0.6) is 0 Å². The van der Waals surface area contributed by atoms with Gasteiger partial charge in [-0.05, 0) is 5.56 Å². The lowest BCUT2D eigenvalue weighted by atomic mass is 10.2. The molecule has 1 unspecified atom stereocenters. The number of benzene rings is 1. The van der Waals surface area contributed by atoms with Crippen LogP contribution in [0.1, 0.15) is 5.56 Å². The molecule has 1 atom stereocenters. The van der Waals surface area contributed by atoms with Crippen molar-refractivity contribution >= 4 is 41.9 Å². The van der Waals surface area contributed by atoms with Crippen LogP contribution in [0, 0.1) is 0 Å². The minimum atomic E-state index is -0.512. The van der Waals surface area contributed by atoms with Crippen molar-refractivity contribution in [2.24, 2.45) is 5.73 Å². The van der Waals surface area contributed by atoms with E-state index in [4.69, 9.17) is 5.73 Å². The highest BCUT2D eigenvalue weighted by Gasteiger charge is 2.12. The summed E-state index contributed by atoms with van der Waals surface area (Å²) in [5.41, 5.74) is 6.93. The number of esters is 1. The van der Waals surface area contributed by atoms with Gasteiger partial charge in [0.1, 0.15) is 6.04 Å². The highest BCUT2D eigenvalue weighted by atomic mass is 35.5. The molecule has 0 aliphatic heterocycles. The number of halogens is 1. The molecule has 0 fully saturated rings. The van der Waals surface area contributed by atoms with Crippen LogP contribution < -0.4 is 5.73 Å². The molecule has 0 saturated heterocycles. The molecule has 3 nitrogen and oxygen atoms in total. The van der Waals surface area contributed by atoms with Gasteiger partial charge in [-0.15, -0.1) is 35.9 Å². The van der Waals surface area contributed by atoms with Crippen LogP contribution in [0.3, 0.4) is 0 Å². The average Bonchev–Trinajstić information content (AvgIpc) is 2.38. The summed E-state index contributed by atoms with van der Waals surface area (Å²) in [6.07, 6.45) is 0. The van der Waals surface area contributed by atoms with Crippen molar-refractivity contribution in [2.45, 2.75) is 11.8 Å². The van der Waals surface area contributed by atoms with E-state index < -0.39 is 6.04 Å². The van der Waals surface area contributed by atoms with Crippen LogP contribution in [0.2, 0.25) is 0 Å². The lowest BCUT2D eigenvalue weighted by molar-refractivity contribution is -0.141. The minimum absolute atomic E-state index is 0. The van der Waals surface area contributed by atoms with E-state index in [0.29, 0.717) is 5.75 Å². The predicted molar refractivity (Wildman–Crippen MR) is 82.3 cm³/mol. The Balaban J connectivity index is 0.00000289. The van der Waals surface area contributed by atoms with E-state index in [0.717, 1.165) is 10.8 Å². The molecule has 0 aromatic heterocycles. The van der Waals surface area contributed by atoms with Crippen molar-refractivity contribution in [3.63, 3.8) is 0 Å². The lowest BCUT2D eigenvalue weighted by Gasteiger charge is -2.08. The van der Waals surface area contributed by atoms with Crippen molar-refractivity contribution in [3.05, 3.63) is 35.9 Å². The molecule has 0 aliphatic carbocycles. The van der Waals surface area contributed by atoms with Crippen LogP contribution >= 0.6 is 35.9 Å². The fourth-order valence-corrected chi connectivity index (χ4v) is 3.19. The Kier molecular flexibility index (Phi) is 10.3. The molecule has 102 valence electrons. The normalized spacial score (nSPS) is 11.4. The molecule has 0 spiro atoms. The predicted octanol–water partition coefficient (Wildman–Crippen LogP) is 2.53. The number of methoxy groups -OCH3 is 1. The van der Waals surface area contributed by atoms with E-state index in [1.165, 1.54) is 12.7 Å². The molecule has 1 rings (SSSR count). The minimum Gasteiger partial charge on any atom is -0.468 e. The summed E-state index contributed by atoms with van der Waals surface area (Å²) in [5.74, 6) is 1.25. The third kappa shape index (κ3) is 7.16. The number of thioether (sulfide) groups is 2. The van der Waals surface area contributed by atoms with Crippen LogP contribution in [0.15, 0.2) is 30.3 Å². The number of carbonyl (C=O) groups excluding carboxylic acids is 1. The van der Waals surface area contributed by atoms with Gasteiger partial charge in [0.2, 0.25) is 0 Å². The zero-order valence-electron chi connectivity index (χ0n) is 10.2. The van der Waals surface area contributed by atoms with E-state index in [9.17, 15) is 4.79 Å². The number of rotatable bonds is 7. The molecule has 0 amide bonds. The standard InChI is InChI=1S/C12H17NO2S2.ClH/c1-15-12(14)11(13)8-17-9-16-7-10-5-3-2-4-6-10;/h2-6,11H,7-9,13H2,1H3;1H. The van der Waals surface area contributed by atoms with Crippen molar-refractivity contribution in [1.29, 1.82) is 0 Å². The lowest BCUT2D eigenvalue weighted by Crippen LogP contribution is -2.33. The third-order valence-corrected chi connectivity index (χ3v) is 4.55. The summed E-state index contributed by atoms with van der Waals surface area (Å²) in [5, 5.41) is 0.930. The second-order valence-corrected chi connectivity index (χ2v) is 5.83. The Bertz CT molecular complexity index is 338. The maximum atomic E-state index is 11.0. The summed E-state index contributed by atoms with van der Waals surface area (Å²) < 4.78 is 4.55. The van der Waals surface area contributed by atoms with E-state index in [-0.39, 0.29) is 18.4 Å². The Hall–Kier alpha value is -0.360. The quantitative estimate of drug-likeness (QED) is 0.476. The average molecular weight is 308 g/mol. The zero-order chi connectivity index (χ0) is 12.5. The summed E-state index contributed by atoms with van der Waals surface area (Å²) in [6.45, 7) is 0. The highest BCUT2D eigenvalue weighted by Crippen LogP contribution is 2.17. The number of nitrogens with two attached hydrogens (primary N) is 1. The molecule has 1 aromatic rings. The van der Waals surface area contributed by atoms with Gasteiger partial charge in [0.15, 0.2) is 0 Å². The van der Waals surface area contributed by atoms with Gasteiger partial charge in [-0.1, -0.05) is 30.3 Å². The van der Waals surface area contributed by atoms with Gasteiger partial charge in [-0.2, -0.15) is 0 Å². The second-order valence-electron chi connectivity index (χ2n) is 3.45. The van der Waals surface area contributed by atoms with Gasteiger partial charge in [-0.25, -0.2) is 0 Å². The first kappa shape index (κ1) is 17.6. The summed E-state index contributed by atoms with van der Waals surface area (Å²) in [7, 11) is 1.36. The molecule has 0 aliphatic rings. The molecule has 6 heteroatoms. The van der Waals surface area contributed by atoms with E-state index in [1.54, 1.807) is 11.8 Å². The SMILES string of the molecule is COC(=O)C(N)CSCSCc1ccccc1.Cl. The Morgan fingerprint density at radius 1 is 1.33 bits per heavy atom. The van der Waals surface area contributed by atoms with Gasteiger partial charge in [0.25, 0.3) is 0 Å². The van der Waals surface area contributed by atoms with Crippen LogP contribution in [-0.2, 0) is 15.3 Å². The first-order chi connectivity index (χ1) is 8.24. The number of hydrogen-bond donors (Lipinski definition) is 1. The molecule has 18 heavy (non-hydrogen) atoms. The number of ether oxygens (including phenoxy) is 1.